The van der Waals surface area contributed by atoms with E-state index in [2.05, 4.69) is 20.8 Å². The van der Waals surface area contributed by atoms with Crippen molar-refractivity contribution in [3.8, 4) is 0 Å². The summed E-state index contributed by atoms with van der Waals surface area (Å²) in [4.78, 5) is 13.3. The Kier molecular flexibility index (Phi) is 4.48. The molecule has 0 saturated carbocycles. The number of benzene rings is 2. The fourth-order valence-electron chi connectivity index (χ4n) is 2.19. The summed E-state index contributed by atoms with van der Waals surface area (Å²) < 4.78 is 0. The van der Waals surface area contributed by atoms with E-state index in [1.165, 1.54) is 12.1 Å². The number of aromatic nitrogens is 1. The van der Waals surface area contributed by atoms with Crippen molar-refractivity contribution in [2.45, 2.75) is 0 Å². The first-order chi connectivity index (χ1) is 11.6. The number of para-hydroxylation sites is 1. The molecule has 0 saturated heterocycles. The number of fused-ring (bicyclic) bond motifs is 1. The fraction of sp³-hybridized carbons (Fsp3) is 0. The maximum atomic E-state index is 10.6. The van der Waals surface area contributed by atoms with E-state index in [1.54, 1.807) is 18.3 Å². The van der Waals surface area contributed by atoms with Crippen molar-refractivity contribution in [2.75, 3.05) is 5.32 Å². The van der Waals surface area contributed by atoms with Crippen LogP contribution in [0.5, 0.6) is 0 Å². The number of nitro benzene ring substituents is 1. The Labute approximate surface area is 142 Å². The van der Waals surface area contributed by atoms with E-state index >= 15 is 0 Å². The molecule has 8 heteroatoms. The molecule has 3 rings (SSSR count). The average molecular weight is 339 g/mol. The minimum atomic E-state index is -0.453. The topological polar surface area (TPSA) is 95.3 Å². The highest BCUT2D eigenvalue weighted by Gasteiger charge is 2.04. The summed E-state index contributed by atoms with van der Waals surface area (Å²) in [7, 11) is 0. The largest absolute Gasteiger partial charge is 0.361 e. The lowest BCUT2D eigenvalue weighted by atomic mass is 10.2. The Morgan fingerprint density at radius 3 is 2.71 bits per heavy atom. The predicted molar refractivity (Wildman–Crippen MR) is 98.3 cm³/mol. The highest BCUT2D eigenvalue weighted by Crippen LogP contribution is 2.16. The zero-order chi connectivity index (χ0) is 16.9. The third-order valence-corrected chi connectivity index (χ3v) is 3.52. The second-order valence-corrected chi connectivity index (χ2v) is 5.33. The molecule has 1 aromatic heterocycles. The molecule has 0 aliphatic rings. The molecule has 0 amide bonds. The Bertz CT molecular complexity index is 918. The van der Waals surface area contributed by atoms with Crippen LogP contribution in [0, 0.1) is 10.1 Å². The number of nitro groups is 1. The van der Waals surface area contributed by atoms with E-state index < -0.39 is 4.92 Å². The number of hydrogen-bond acceptors (Lipinski definition) is 4. The normalized spacial score (nSPS) is 10.8. The average Bonchev–Trinajstić information content (AvgIpc) is 2.99. The molecular weight excluding hydrogens is 326 g/mol. The molecule has 3 N–H and O–H groups in total. The van der Waals surface area contributed by atoms with Crippen molar-refractivity contribution < 1.29 is 4.92 Å². The van der Waals surface area contributed by atoms with Gasteiger partial charge in [-0.3, -0.25) is 15.5 Å². The Morgan fingerprint density at radius 2 is 1.96 bits per heavy atom. The Balaban J connectivity index is 1.60. The van der Waals surface area contributed by atoms with Gasteiger partial charge in [0.25, 0.3) is 5.69 Å². The quantitative estimate of drug-likeness (QED) is 0.293. The summed E-state index contributed by atoms with van der Waals surface area (Å²) in [5.74, 6) is 0. The summed E-state index contributed by atoms with van der Waals surface area (Å²) in [6.45, 7) is 0. The van der Waals surface area contributed by atoms with Crippen LogP contribution >= 0.6 is 12.2 Å². The van der Waals surface area contributed by atoms with Gasteiger partial charge in [0.15, 0.2) is 5.11 Å². The number of nitrogens with zero attached hydrogens (tertiary/aromatic N) is 2. The molecule has 0 aliphatic carbocycles. The van der Waals surface area contributed by atoms with Gasteiger partial charge >= 0.3 is 0 Å². The van der Waals surface area contributed by atoms with E-state index in [0.29, 0.717) is 10.8 Å². The zero-order valence-corrected chi connectivity index (χ0v) is 13.2. The number of hydrazone groups is 1. The minimum absolute atomic E-state index is 0.0248. The summed E-state index contributed by atoms with van der Waals surface area (Å²) in [5.41, 5.74) is 5.35. The van der Waals surface area contributed by atoms with Gasteiger partial charge in [-0.1, -0.05) is 18.2 Å². The van der Waals surface area contributed by atoms with Gasteiger partial charge in [-0.25, -0.2) is 0 Å². The van der Waals surface area contributed by atoms with Crippen LogP contribution < -0.4 is 10.7 Å². The zero-order valence-electron chi connectivity index (χ0n) is 12.4. The maximum absolute atomic E-state index is 10.6. The summed E-state index contributed by atoms with van der Waals surface area (Å²) >= 11 is 5.13. The van der Waals surface area contributed by atoms with E-state index in [0.717, 1.165) is 16.5 Å². The van der Waals surface area contributed by atoms with Crippen LogP contribution in [-0.4, -0.2) is 21.2 Å². The van der Waals surface area contributed by atoms with Crippen molar-refractivity contribution in [2.24, 2.45) is 5.10 Å². The van der Waals surface area contributed by atoms with Gasteiger partial charge in [0.1, 0.15) is 0 Å². The lowest BCUT2D eigenvalue weighted by Crippen LogP contribution is -2.23. The molecule has 3 aromatic rings. The number of aromatic amines is 1. The molecule has 0 unspecified atom stereocenters. The lowest BCUT2D eigenvalue weighted by molar-refractivity contribution is -0.384. The molecule has 0 aliphatic heterocycles. The summed E-state index contributed by atoms with van der Waals surface area (Å²) in [5, 5.41) is 19.0. The third kappa shape index (κ3) is 3.55. The first-order valence-electron chi connectivity index (χ1n) is 7.04. The first-order valence-corrected chi connectivity index (χ1v) is 7.45. The SMILES string of the molecule is O=[N+]([O-])c1ccc(NC(=S)N/N=C/c2c[nH]c3ccccc23)cc1. The van der Waals surface area contributed by atoms with E-state index in [4.69, 9.17) is 12.2 Å². The van der Waals surface area contributed by atoms with Crippen LogP contribution in [0.15, 0.2) is 59.8 Å². The number of nitrogens with one attached hydrogen (secondary N) is 3. The first kappa shape index (κ1) is 15.6. The van der Waals surface area contributed by atoms with Crippen LogP contribution in [0.4, 0.5) is 11.4 Å². The number of H-pyrrole nitrogens is 1. The molecule has 0 fully saturated rings. The van der Waals surface area contributed by atoms with Gasteiger partial charge < -0.3 is 10.3 Å². The smallest absolute Gasteiger partial charge is 0.269 e. The van der Waals surface area contributed by atoms with Crippen LogP contribution in [0.3, 0.4) is 0 Å². The molecule has 0 atom stereocenters. The standard InChI is InChI=1S/C16H13N5O2S/c22-21(23)13-7-5-12(6-8-13)19-16(24)20-18-10-11-9-17-15-4-2-1-3-14(11)15/h1-10,17H,(H2,19,20,24)/b18-10+. The van der Waals surface area contributed by atoms with Crippen molar-refractivity contribution in [3.63, 3.8) is 0 Å². The number of anilines is 1. The van der Waals surface area contributed by atoms with Gasteiger partial charge in [-0.2, -0.15) is 5.10 Å². The second kappa shape index (κ2) is 6.88. The van der Waals surface area contributed by atoms with Crippen molar-refractivity contribution in [1.82, 2.24) is 10.4 Å². The van der Waals surface area contributed by atoms with Crippen molar-refractivity contribution in [1.29, 1.82) is 0 Å². The molecule has 0 bridgehead atoms. The molecule has 0 spiro atoms. The monoisotopic (exact) mass is 339 g/mol. The maximum Gasteiger partial charge on any atom is 0.269 e. The van der Waals surface area contributed by atoms with Gasteiger partial charge in [-0.05, 0) is 30.4 Å². The summed E-state index contributed by atoms with van der Waals surface area (Å²) in [6, 6.07) is 13.9. The van der Waals surface area contributed by atoms with Gasteiger partial charge in [-0.15, -0.1) is 0 Å². The second-order valence-electron chi connectivity index (χ2n) is 4.92. The highest BCUT2D eigenvalue weighted by molar-refractivity contribution is 7.80. The molecule has 7 nitrogen and oxygen atoms in total. The molecule has 120 valence electrons. The molecular formula is C16H13N5O2S. The van der Waals surface area contributed by atoms with E-state index in [1.807, 2.05) is 30.5 Å². The van der Waals surface area contributed by atoms with E-state index in [-0.39, 0.29) is 5.69 Å². The lowest BCUT2D eigenvalue weighted by Gasteiger charge is -2.06. The third-order valence-electron chi connectivity index (χ3n) is 3.33. The Morgan fingerprint density at radius 1 is 1.21 bits per heavy atom. The highest BCUT2D eigenvalue weighted by atomic mass is 32.1. The fourth-order valence-corrected chi connectivity index (χ4v) is 2.36. The van der Waals surface area contributed by atoms with Crippen molar-refractivity contribution >= 4 is 45.8 Å². The molecule has 0 radical (unpaired) electrons. The number of rotatable bonds is 4. The van der Waals surface area contributed by atoms with Crippen LogP contribution in [0.2, 0.25) is 0 Å². The Hall–Kier alpha value is -3.26. The number of hydrogen-bond donors (Lipinski definition) is 3. The van der Waals surface area contributed by atoms with Gasteiger partial charge in [0.05, 0.1) is 11.1 Å². The minimum Gasteiger partial charge on any atom is -0.361 e. The van der Waals surface area contributed by atoms with Gasteiger partial charge in [0, 0.05) is 40.5 Å². The van der Waals surface area contributed by atoms with Crippen LogP contribution in [-0.2, 0) is 0 Å². The molecule has 2 aromatic carbocycles. The molecule has 24 heavy (non-hydrogen) atoms. The number of non-ortho nitro benzene ring substituents is 1. The van der Waals surface area contributed by atoms with Crippen LogP contribution in [0.1, 0.15) is 5.56 Å². The van der Waals surface area contributed by atoms with Crippen LogP contribution in [0.25, 0.3) is 10.9 Å². The van der Waals surface area contributed by atoms with E-state index in [9.17, 15) is 10.1 Å². The molecule has 1 heterocycles. The summed E-state index contributed by atoms with van der Waals surface area (Å²) in [6.07, 6.45) is 3.53. The number of thiocarbonyl (C=S) groups is 1. The van der Waals surface area contributed by atoms with Crippen molar-refractivity contribution in [3.05, 3.63) is 70.4 Å². The predicted octanol–water partition coefficient (Wildman–Crippen LogP) is 3.40. The van der Waals surface area contributed by atoms with Gasteiger partial charge in [0.2, 0.25) is 0 Å².